The maximum atomic E-state index is 14.3. The molecule has 0 amide bonds. The van der Waals surface area contributed by atoms with Gasteiger partial charge in [0.2, 0.25) is 0 Å². The number of nitrogens with zero attached hydrogens (tertiary/aromatic N) is 2. The fraction of sp³-hybridized carbons (Fsp3) is 0.211. The Morgan fingerprint density at radius 2 is 1.55 bits per heavy atom. The van der Waals surface area contributed by atoms with Crippen molar-refractivity contribution in [2.24, 2.45) is 0 Å². The maximum absolute atomic E-state index is 14.3. The third-order valence-corrected chi connectivity index (χ3v) is 5.52. The second-order valence-corrected chi connectivity index (χ2v) is 8.72. The summed E-state index contributed by atoms with van der Waals surface area (Å²) < 4.78 is 117. The summed E-state index contributed by atoms with van der Waals surface area (Å²) in [5.74, 6) is -1.19. The zero-order chi connectivity index (χ0) is 23.4. The van der Waals surface area contributed by atoms with Crippen LogP contribution in [0.3, 0.4) is 0 Å². The van der Waals surface area contributed by atoms with E-state index in [4.69, 9.17) is 0 Å². The highest BCUT2D eigenvalue weighted by Crippen LogP contribution is 2.36. The van der Waals surface area contributed by atoms with Crippen molar-refractivity contribution in [3.63, 3.8) is 0 Å². The minimum absolute atomic E-state index is 0.122. The third-order valence-electron chi connectivity index (χ3n) is 4.39. The van der Waals surface area contributed by atoms with Gasteiger partial charge in [0, 0.05) is 11.8 Å². The molecule has 0 fully saturated rings. The summed E-state index contributed by atoms with van der Waals surface area (Å²) in [7, 11) is -3.92. The monoisotopic (exact) mass is 466 g/mol. The Labute approximate surface area is 171 Å². The maximum Gasteiger partial charge on any atom is 0.435 e. The van der Waals surface area contributed by atoms with Gasteiger partial charge < -0.3 is 0 Å². The fourth-order valence-electron chi connectivity index (χ4n) is 2.98. The second kappa shape index (κ2) is 7.36. The van der Waals surface area contributed by atoms with Gasteiger partial charge in [0.25, 0.3) is 0 Å². The van der Waals surface area contributed by atoms with E-state index in [9.17, 15) is 39.2 Å². The zero-order valence-electron chi connectivity index (χ0n) is 15.8. The van der Waals surface area contributed by atoms with Gasteiger partial charge in [-0.05, 0) is 48.9 Å². The summed E-state index contributed by atoms with van der Waals surface area (Å²) in [6.45, 7) is 1.14. The minimum atomic E-state index is -4.88. The number of aromatic nitrogens is 2. The van der Waals surface area contributed by atoms with Crippen LogP contribution in [0.2, 0.25) is 0 Å². The van der Waals surface area contributed by atoms with Crippen molar-refractivity contribution in [3.8, 4) is 16.9 Å². The number of sulfone groups is 1. The predicted molar refractivity (Wildman–Crippen MR) is 96.8 cm³/mol. The van der Waals surface area contributed by atoms with Crippen LogP contribution >= 0.6 is 0 Å². The van der Waals surface area contributed by atoms with Crippen LogP contribution in [0, 0.1) is 12.7 Å². The molecule has 3 aromatic rings. The van der Waals surface area contributed by atoms with Crippen LogP contribution in [-0.2, 0) is 22.2 Å². The Bertz CT molecular complexity index is 1260. The predicted octanol–water partition coefficient (Wildman–Crippen LogP) is 5.43. The lowest BCUT2D eigenvalue weighted by molar-refractivity contribution is -0.141. The summed E-state index contributed by atoms with van der Waals surface area (Å²) >= 11 is 0. The first-order valence-electron chi connectivity index (χ1n) is 8.44. The van der Waals surface area contributed by atoms with E-state index >= 15 is 0 Å². The van der Waals surface area contributed by atoms with Crippen LogP contribution in [0.15, 0.2) is 47.4 Å². The number of halogens is 7. The molecule has 31 heavy (non-hydrogen) atoms. The molecule has 0 N–H and O–H groups in total. The molecule has 4 nitrogen and oxygen atoms in total. The Hall–Kier alpha value is -2.89. The van der Waals surface area contributed by atoms with Crippen LogP contribution in [-0.4, -0.2) is 24.5 Å². The number of aryl methyl sites for hydroxylation is 1. The van der Waals surface area contributed by atoms with Gasteiger partial charge in [-0.15, -0.1) is 0 Å². The lowest BCUT2D eigenvalue weighted by Gasteiger charge is -2.13. The van der Waals surface area contributed by atoms with Crippen molar-refractivity contribution in [1.82, 2.24) is 9.78 Å². The summed E-state index contributed by atoms with van der Waals surface area (Å²) in [5.41, 5.74) is -3.13. The molecule has 0 radical (unpaired) electrons. The average molecular weight is 466 g/mol. The van der Waals surface area contributed by atoms with Gasteiger partial charge in [-0.3, -0.25) is 0 Å². The van der Waals surface area contributed by atoms with Gasteiger partial charge in [-0.2, -0.15) is 31.4 Å². The van der Waals surface area contributed by atoms with E-state index in [1.165, 1.54) is 0 Å². The van der Waals surface area contributed by atoms with E-state index in [-0.39, 0.29) is 22.5 Å². The van der Waals surface area contributed by atoms with Crippen molar-refractivity contribution >= 4 is 9.84 Å². The molecule has 0 atom stereocenters. The lowest BCUT2D eigenvalue weighted by atomic mass is 10.1. The Morgan fingerprint density at radius 1 is 0.903 bits per heavy atom. The largest absolute Gasteiger partial charge is 0.435 e. The molecular formula is C19H13F7N2O2S. The van der Waals surface area contributed by atoms with E-state index in [1.807, 2.05) is 0 Å². The molecule has 0 aliphatic rings. The highest BCUT2D eigenvalue weighted by molar-refractivity contribution is 7.90. The number of hydrogen-bond acceptors (Lipinski definition) is 3. The number of hydrogen-bond donors (Lipinski definition) is 0. The first-order valence-corrected chi connectivity index (χ1v) is 10.3. The minimum Gasteiger partial charge on any atom is -0.232 e. The van der Waals surface area contributed by atoms with E-state index in [0.717, 1.165) is 48.2 Å². The number of alkyl halides is 6. The first kappa shape index (κ1) is 22.8. The Morgan fingerprint density at radius 3 is 2.03 bits per heavy atom. The molecule has 12 heteroatoms. The van der Waals surface area contributed by atoms with E-state index < -0.39 is 44.2 Å². The first-order chi connectivity index (χ1) is 14.1. The molecule has 0 saturated carbocycles. The number of benzene rings is 2. The van der Waals surface area contributed by atoms with Crippen molar-refractivity contribution in [2.45, 2.75) is 24.2 Å². The van der Waals surface area contributed by atoms with Gasteiger partial charge >= 0.3 is 12.4 Å². The quantitative estimate of drug-likeness (QED) is 0.484. The average Bonchev–Trinajstić information content (AvgIpc) is 3.05. The van der Waals surface area contributed by atoms with Crippen molar-refractivity contribution in [3.05, 3.63) is 65.1 Å². The zero-order valence-corrected chi connectivity index (χ0v) is 16.6. The molecule has 0 bridgehead atoms. The molecule has 2 aromatic carbocycles. The van der Waals surface area contributed by atoms with Crippen LogP contribution in [0.4, 0.5) is 30.7 Å². The summed E-state index contributed by atoms with van der Waals surface area (Å²) in [4.78, 5) is -0.649. The van der Waals surface area contributed by atoms with E-state index in [0.29, 0.717) is 12.1 Å². The molecule has 0 aliphatic heterocycles. The third kappa shape index (κ3) is 4.58. The van der Waals surface area contributed by atoms with Gasteiger partial charge in [0.05, 0.1) is 16.9 Å². The summed E-state index contributed by atoms with van der Waals surface area (Å²) in [6.07, 6.45) is -8.77. The topological polar surface area (TPSA) is 52.0 Å². The van der Waals surface area contributed by atoms with Gasteiger partial charge in [0.1, 0.15) is 10.7 Å². The van der Waals surface area contributed by atoms with Crippen LogP contribution in [0.5, 0.6) is 0 Å². The van der Waals surface area contributed by atoms with Gasteiger partial charge in [-0.25, -0.2) is 17.5 Å². The molecular weight excluding hydrogens is 453 g/mol. The molecule has 0 aliphatic carbocycles. The molecule has 166 valence electrons. The summed E-state index contributed by atoms with van der Waals surface area (Å²) in [6, 6.07) is 5.95. The van der Waals surface area contributed by atoms with E-state index in [1.54, 1.807) is 0 Å². The highest BCUT2D eigenvalue weighted by atomic mass is 32.2. The van der Waals surface area contributed by atoms with Crippen molar-refractivity contribution < 1.29 is 39.2 Å². The number of rotatable bonds is 3. The van der Waals surface area contributed by atoms with Crippen LogP contribution in [0.25, 0.3) is 16.9 Å². The molecule has 3 rings (SSSR count). The molecule has 0 spiro atoms. The highest BCUT2D eigenvalue weighted by Gasteiger charge is 2.36. The normalized spacial score (nSPS) is 12.9. The molecule has 1 aromatic heterocycles. The second-order valence-electron chi connectivity index (χ2n) is 6.74. The Balaban J connectivity index is 2.22. The van der Waals surface area contributed by atoms with Crippen molar-refractivity contribution in [2.75, 3.05) is 6.26 Å². The fourth-order valence-corrected chi connectivity index (χ4v) is 3.71. The smallest absolute Gasteiger partial charge is 0.232 e. The lowest BCUT2D eigenvalue weighted by Crippen LogP contribution is -2.10. The van der Waals surface area contributed by atoms with E-state index in [2.05, 4.69) is 5.10 Å². The standard InChI is InChI=1S/C19H13F7N2O2S/c1-10-7-12(4-5-13(10)18(21,22)23)28-15(9-17(27-28)19(24,25)26)11-3-6-16(14(20)8-11)31(2,29)30/h3-9H,1-2H3. The van der Waals surface area contributed by atoms with Gasteiger partial charge in [-0.1, -0.05) is 6.07 Å². The van der Waals surface area contributed by atoms with Crippen molar-refractivity contribution in [1.29, 1.82) is 0 Å². The molecule has 0 saturated heterocycles. The Kier molecular flexibility index (Phi) is 5.41. The van der Waals surface area contributed by atoms with Crippen LogP contribution < -0.4 is 0 Å². The van der Waals surface area contributed by atoms with Gasteiger partial charge in [0.15, 0.2) is 15.5 Å². The summed E-state index contributed by atoms with van der Waals surface area (Å²) in [5, 5.41) is 3.43. The van der Waals surface area contributed by atoms with Crippen LogP contribution in [0.1, 0.15) is 16.8 Å². The SMILES string of the molecule is Cc1cc(-n2nc(C(F)(F)F)cc2-c2ccc(S(C)(=O)=O)c(F)c2)ccc1C(F)(F)F. The molecule has 1 heterocycles. The molecule has 0 unspecified atom stereocenters.